The maximum absolute atomic E-state index is 5.47. The van der Waals surface area contributed by atoms with E-state index in [2.05, 4.69) is 10.6 Å². The predicted molar refractivity (Wildman–Crippen MR) is 102 cm³/mol. The van der Waals surface area contributed by atoms with E-state index in [1.54, 1.807) is 14.2 Å². The fourth-order valence-corrected chi connectivity index (χ4v) is 3.00. The Hall–Kier alpha value is -2.53. The van der Waals surface area contributed by atoms with Gasteiger partial charge in [-0.05, 0) is 42.3 Å². The third-order valence-electron chi connectivity index (χ3n) is 3.93. The lowest BCUT2D eigenvalue weighted by molar-refractivity contribution is 0.354. The molecule has 124 valence electrons. The molecule has 0 saturated carbocycles. The van der Waals surface area contributed by atoms with Crippen LogP contribution >= 0.6 is 12.2 Å². The van der Waals surface area contributed by atoms with Gasteiger partial charge in [0.2, 0.25) is 0 Å². The molecule has 0 saturated heterocycles. The zero-order valence-corrected chi connectivity index (χ0v) is 14.6. The zero-order chi connectivity index (χ0) is 16.9. The van der Waals surface area contributed by atoms with Crippen LogP contribution in [0.5, 0.6) is 11.5 Å². The molecule has 0 radical (unpaired) electrons. The highest BCUT2D eigenvalue weighted by atomic mass is 32.1. The second-order valence-corrected chi connectivity index (χ2v) is 5.89. The summed E-state index contributed by atoms with van der Waals surface area (Å²) in [5.41, 5.74) is 4.28. The number of hydrogen-bond acceptors (Lipinski definition) is 4. The zero-order valence-electron chi connectivity index (χ0n) is 13.8. The monoisotopic (exact) mass is 340 g/mol. The van der Waals surface area contributed by atoms with Gasteiger partial charge in [0.1, 0.15) is 4.99 Å². The Morgan fingerprint density at radius 2 is 1.83 bits per heavy atom. The standard InChI is InChI=1S/C19H20N2O2S/c1-22-17-10-13-8-9-20-16(15(13)11-18(17)23-2)12-19(24)21-14-6-4-3-5-7-14/h3-7,10-12,20H,8-9H2,1-2H3,(H,21,24)/b16-12-. The van der Waals surface area contributed by atoms with Crippen molar-refractivity contribution in [1.29, 1.82) is 0 Å². The summed E-state index contributed by atoms with van der Waals surface area (Å²) in [6.07, 6.45) is 2.89. The van der Waals surface area contributed by atoms with Crippen LogP contribution in [-0.4, -0.2) is 25.8 Å². The Morgan fingerprint density at radius 3 is 2.54 bits per heavy atom. The van der Waals surface area contributed by atoms with Crippen LogP contribution in [-0.2, 0) is 6.42 Å². The smallest absolute Gasteiger partial charge is 0.161 e. The molecule has 1 aliphatic rings. The van der Waals surface area contributed by atoms with Gasteiger partial charge in [-0.1, -0.05) is 30.4 Å². The van der Waals surface area contributed by atoms with Crippen molar-refractivity contribution in [1.82, 2.24) is 5.32 Å². The summed E-state index contributed by atoms with van der Waals surface area (Å²) in [5, 5.41) is 6.65. The van der Waals surface area contributed by atoms with Crippen molar-refractivity contribution >= 4 is 28.6 Å². The molecule has 0 atom stereocenters. The van der Waals surface area contributed by atoms with Crippen molar-refractivity contribution in [2.75, 3.05) is 26.1 Å². The number of nitrogens with one attached hydrogen (secondary N) is 2. The molecular weight excluding hydrogens is 320 g/mol. The fourth-order valence-electron chi connectivity index (χ4n) is 2.77. The van der Waals surface area contributed by atoms with E-state index in [4.69, 9.17) is 21.7 Å². The Labute approximate surface area is 147 Å². The quantitative estimate of drug-likeness (QED) is 0.657. The summed E-state index contributed by atoms with van der Waals surface area (Å²) in [7, 11) is 3.30. The van der Waals surface area contributed by atoms with Crippen molar-refractivity contribution < 1.29 is 9.47 Å². The normalized spacial score (nSPS) is 14.5. The summed E-state index contributed by atoms with van der Waals surface area (Å²) >= 11 is 5.47. The number of methoxy groups -OCH3 is 2. The Morgan fingerprint density at radius 1 is 1.12 bits per heavy atom. The van der Waals surface area contributed by atoms with Gasteiger partial charge in [0.05, 0.1) is 14.2 Å². The predicted octanol–water partition coefficient (Wildman–Crippen LogP) is 3.63. The number of hydrogen-bond donors (Lipinski definition) is 2. The average molecular weight is 340 g/mol. The van der Waals surface area contributed by atoms with E-state index in [0.717, 1.165) is 35.7 Å². The van der Waals surface area contributed by atoms with E-state index in [-0.39, 0.29) is 0 Å². The highest BCUT2D eigenvalue weighted by molar-refractivity contribution is 7.81. The molecule has 2 N–H and O–H groups in total. The van der Waals surface area contributed by atoms with E-state index in [1.807, 2.05) is 48.5 Å². The highest BCUT2D eigenvalue weighted by Gasteiger charge is 2.18. The topological polar surface area (TPSA) is 42.5 Å². The van der Waals surface area contributed by atoms with Gasteiger partial charge >= 0.3 is 0 Å². The first-order valence-electron chi connectivity index (χ1n) is 7.78. The third kappa shape index (κ3) is 3.51. The van der Waals surface area contributed by atoms with Gasteiger partial charge in [0, 0.05) is 23.5 Å². The Kier molecular flexibility index (Phi) is 5.01. The van der Waals surface area contributed by atoms with Crippen LogP contribution in [0.3, 0.4) is 0 Å². The first kappa shape index (κ1) is 16.3. The molecule has 0 bridgehead atoms. The van der Waals surface area contributed by atoms with Crippen LogP contribution in [0.4, 0.5) is 5.69 Å². The number of para-hydroxylation sites is 1. The van der Waals surface area contributed by atoms with Gasteiger partial charge in [0.25, 0.3) is 0 Å². The van der Waals surface area contributed by atoms with Crippen LogP contribution in [0.1, 0.15) is 11.1 Å². The molecule has 0 aromatic heterocycles. The lowest BCUT2D eigenvalue weighted by Gasteiger charge is -2.23. The molecule has 24 heavy (non-hydrogen) atoms. The molecule has 4 nitrogen and oxygen atoms in total. The number of benzene rings is 2. The molecule has 0 aliphatic carbocycles. The Bertz CT molecular complexity index is 772. The van der Waals surface area contributed by atoms with E-state index in [0.29, 0.717) is 10.7 Å². The van der Waals surface area contributed by atoms with Crippen molar-refractivity contribution in [2.24, 2.45) is 0 Å². The number of thiocarbonyl (C=S) groups is 1. The minimum absolute atomic E-state index is 0.659. The molecule has 0 amide bonds. The first-order valence-corrected chi connectivity index (χ1v) is 8.19. The molecule has 1 heterocycles. The van der Waals surface area contributed by atoms with Crippen LogP contribution in [0.2, 0.25) is 0 Å². The van der Waals surface area contributed by atoms with Crippen molar-refractivity contribution in [3.05, 3.63) is 59.7 Å². The minimum Gasteiger partial charge on any atom is -0.493 e. The second-order valence-electron chi connectivity index (χ2n) is 5.45. The van der Waals surface area contributed by atoms with E-state index in [9.17, 15) is 0 Å². The largest absolute Gasteiger partial charge is 0.493 e. The summed E-state index contributed by atoms with van der Waals surface area (Å²) in [4.78, 5) is 0.659. The maximum Gasteiger partial charge on any atom is 0.161 e. The molecular formula is C19H20N2O2S. The molecule has 0 spiro atoms. The van der Waals surface area contributed by atoms with E-state index >= 15 is 0 Å². The number of anilines is 1. The molecule has 0 unspecified atom stereocenters. The van der Waals surface area contributed by atoms with Crippen LogP contribution in [0, 0.1) is 0 Å². The highest BCUT2D eigenvalue weighted by Crippen LogP contribution is 2.34. The molecule has 3 rings (SSSR count). The van der Waals surface area contributed by atoms with E-state index in [1.165, 1.54) is 5.56 Å². The Balaban J connectivity index is 1.89. The molecule has 5 heteroatoms. The average Bonchev–Trinajstić information content (AvgIpc) is 2.61. The van der Waals surface area contributed by atoms with Gasteiger partial charge in [-0.25, -0.2) is 0 Å². The number of fused-ring (bicyclic) bond motifs is 1. The number of ether oxygens (including phenoxy) is 2. The second kappa shape index (κ2) is 7.36. The third-order valence-corrected chi connectivity index (χ3v) is 4.15. The van der Waals surface area contributed by atoms with Gasteiger partial charge in [-0.3, -0.25) is 0 Å². The van der Waals surface area contributed by atoms with Crippen LogP contribution in [0.25, 0.3) is 5.70 Å². The molecule has 1 aliphatic heterocycles. The maximum atomic E-state index is 5.47. The first-order chi connectivity index (χ1) is 11.7. The molecule has 2 aromatic carbocycles. The lowest BCUT2D eigenvalue weighted by atomic mass is 9.97. The minimum atomic E-state index is 0.659. The molecule has 2 aromatic rings. The van der Waals surface area contributed by atoms with Gasteiger partial charge in [-0.2, -0.15) is 0 Å². The molecule has 0 fully saturated rings. The van der Waals surface area contributed by atoms with Gasteiger partial charge < -0.3 is 20.1 Å². The summed E-state index contributed by atoms with van der Waals surface area (Å²) < 4.78 is 10.8. The summed E-state index contributed by atoms with van der Waals surface area (Å²) in [6, 6.07) is 13.9. The number of rotatable bonds is 4. The van der Waals surface area contributed by atoms with Gasteiger partial charge in [-0.15, -0.1) is 0 Å². The van der Waals surface area contributed by atoms with Crippen molar-refractivity contribution in [3.63, 3.8) is 0 Å². The van der Waals surface area contributed by atoms with Crippen molar-refractivity contribution in [2.45, 2.75) is 6.42 Å². The van der Waals surface area contributed by atoms with Crippen LogP contribution in [0.15, 0.2) is 48.5 Å². The summed E-state index contributed by atoms with van der Waals surface area (Å²) in [6.45, 7) is 0.863. The van der Waals surface area contributed by atoms with E-state index < -0.39 is 0 Å². The lowest BCUT2D eigenvalue weighted by Crippen LogP contribution is -2.24. The SMILES string of the molecule is COc1cc2c(cc1OC)/C(=C/C(=S)Nc1ccccc1)NCC2. The van der Waals surface area contributed by atoms with Crippen molar-refractivity contribution in [3.8, 4) is 11.5 Å². The van der Waals surface area contributed by atoms with Gasteiger partial charge in [0.15, 0.2) is 11.5 Å². The van der Waals surface area contributed by atoms with Crippen LogP contribution < -0.4 is 20.1 Å². The fraction of sp³-hybridized carbons (Fsp3) is 0.211. The summed E-state index contributed by atoms with van der Waals surface area (Å²) in [5.74, 6) is 1.47.